The highest BCUT2D eigenvalue weighted by Crippen LogP contribution is 2.28. The second-order valence-electron chi connectivity index (χ2n) is 2.63. The van der Waals surface area contributed by atoms with E-state index in [0.29, 0.717) is 0 Å². The maximum atomic E-state index is 10.6. The van der Waals surface area contributed by atoms with E-state index in [1.165, 1.54) is 18.2 Å². The van der Waals surface area contributed by atoms with Crippen molar-refractivity contribution in [3.63, 3.8) is 0 Å². The number of nitrogens with zero attached hydrogens (tertiary/aromatic N) is 1. The first kappa shape index (κ1) is 11.4. The number of nitro groups is 1. The fourth-order valence-electron chi connectivity index (χ4n) is 1.04. The van der Waals surface area contributed by atoms with E-state index in [0.717, 1.165) is 0 Å². The van der Waals surface area contributed by atoms with E-state index in [4.69, 9.17) is 11.6 Å². The highest BCUT2D eigenvalue weighted by Gasteiger charge is 2.19. The Morgan fingerprint density at radius 2 is 2.29 bits per heavy atom. The molecule has 1 aromatic carbocycles. The molecule has 76 valence electrons. The van der Waals surface area contributed by atoms with E-state index < -0.39 is 11.0 Å². The van der Waals surface area contributed by atoms with Crippen molar-refractivity contribution in [3.8, 4) is 0 Å². The fraction of sp³-hybridized carbons (Fsp3) is 0.250. The molecule has 0 saturated heterocycles. The number of hydrogen-bond donors (Lipinski definition) is 1. The normalized spacial score (nSPS) is 12.5. The van der Waals surface area contributed by atoms with Gasteiger partial charge in [-0.15, -0.1) is 0 Å². The molecule has 0 fully saturated rings. The van der Waals surface area contributed by atoms with Crippen LogP contribution >= 0.6 is 27.5 Å². The topological polar surface area (TPSA) is 63.4 Å². The minimum Gasteiger partial charge on any atom is -0.387 e. The van der Waals surface area contributed by atoms with Crippen LogP contribution in [0.3, 0.4) is 0 Å². The molecular formula is C8H7BrClNO3. The number of aliphatic hydroxyl groups excluding tert-OH is 1. The van der Waals surface area contributed by atoms with Crippen LogP contribution in [0.25, 0.3) is 0 Å². The van der Waals surface area contributed by atoms with Gasteiger partial charge in [0.15, 0.2) is 0 Å². The lowest BCUT2D eigenvalue weighted by molar-refractivity contribution is -0.386. The molecule has 0 radical (unpaired) electrons. The summed E-state index contributed by atoms with van der Waals surface area (Å²) in [5.74, 6) is 0. The molecule has 0 aromatic heterocycles. The van der Waals surface area contributed by atoms with Crippen molar-refractivity contribution in [2.24, 2.45) is 0 Å². The molecule has 1 aromatic rings. The first-order chi connectivity index (χ1) is 6.56. The van der Waals surface area contributed by atoms with Crippen LogP contribution in [0.2, 0.25) is 5.02 Å². The van der Waals surface area contributed by atoms with Crippen molar-refractivity contribution < 1.29 is 10.0 Å². The van der Waals surface area contributed by atoms with E-state index in [-0.39, 0.29) is 21.6 Å². The van der Waals surface area contributed by atoms with Crippen molar-refractivity contribution in [1.29, 1.82) is 0 Å². The molecule has 0 aliphatic rings. The highest BCUT2D eigenvalue weighted by molar-refractivity contribution is 9.09. The Kier molecular flexibility index (Phi) is 3.86. The summed E-state index contributed by atoms with van der Waals surface area (Å²) in [5.41, 5.74) is 0.0979. The SMILES string of the molecule is O=[N+]([O-])c1cc(Cl)ccc1C(O)CBr. The standard InChI is InChI=1S/C8H7BrClNO3/c9-4-8(12)6-2-1-5(10)3-7(6)11(13)14/h1-3,8,12H,4H2. The van der Waals surface area contributed by atoms with Gasteiger partial charge in [-0.2, -0.15) is 0 Å². The second kappa shape index (κ2) is 4.72. The molecule has 1 unspecified atom stereocenters. The number of aliphatic hydroxyl groups is 1. The van der Waals surface area contributed by atoms with Gasteiger partial charge >= 0.3 is 0 Å². The van der Waals surface area contributed by atoms with Crippen LogP contribution in [0.5, 0.6) is 0 Å². The number of rotatable bonds is 3. The third-order valence-electron chi connectivity index (χ3n) is 1.69. The quantitative estimate of drug-likeness (QED) is 0.526. The predicted octanol–water partition coefficient (Wildman–Crippen LogP) is 2.68. The molecule has 0 spiro atoms. The van der Waals surface area contributed by atoms with Crippen LogP contribution < -0.4 is 0 Å². The largest absolute Gasteiger partial charge is 0.387 e. The third-order valence-corrected chi connectivity index (χ3v) is 2.54. The lowest BCUT2D eigenvalue weighted by Gasteiger charge is -2.07. The van der Waals surface area contributed by atoms with Gasteiger partial charge in [0.25, 0.3) is 5.69 Å². The van der Waals surface area contributed by atoms with Gasteiger partial charge < -0.3 is 5.11 Å². The van der Waals surface area contributed by atoms with Crippen molar-refractivity contribution in [2.75, 3.05) is 5.33 Å². The third kappa shape index (κ3) is 2.43. The second-order valence-corrected chi connectivity index (χ2v) is 3.71. The van der Waals surface area contributed by atoms with Gasteiger partial charge in [0.2, 0.25) is 0 Å². The van der Waals surface area contributed by atoms with Crippen LogP contribution in [-0.2, 0) is 0 Å². The minimum absolute atomic E-state index is 0.163. The maximum absolute atomic E-state index is 10.6. The lowest BCUT2D eigenvalue weighted by Crippen LogP contribution is -2.03. The lowest BCUT2D eigenvalue weighted by atomic mass is 10.1. The van der Waals surface area contributed by atoms with E-state index in [9.17, 15) is 15.2 Å². The number of halogens is 2. The molecule has 0 amide bonds. The Labute approximate surface area is 93.8 Å². The summed E-state index contributed by atoms with van der Waals surface area (Å²) >= 11 is 8.66. The van der Waals surface area contributed by atoms with E-state index in [1.54, 1.807) is 0 Å². The Hall–Kier alpha value is -0.650. The zero-order valence-electron chi connectivity index (χ0n) is 6.98. The molecule has 6 heteroatoms. The fourth-order valence-corrected chi connectivity index (χ4v) is 1.55. The van der Waals surface area contributed by atoms with Gasteiger partial charge in [-0.3, -0.25) is 10.1 Å². The average Bonchev–Trinajstić information content (AvgIpc) is 2.16. The molecule has 1 atom stereocenters. The molecule has 1 rings (SSSR count). The molecule has 0 bridgehead atoms. The van der Waals surface area contributed by atoms with Gasteiger partial charge in [0.05, 0.1) is 16.6 Å². The van der Waals surface area contributed by atoms with Crippen LogP contribution in [0.4, 0.5) is 5.69 Å². The summed E-state index contributed by atoms with van der Waals surface area (Å²) < 4.78 is 0. The number of nitro benzene ring substituents is 1. The van der Waals surface area contributed by atoms with Gasteiger partial charge in [0, 0.05) is 16.4 Å². The zero-order valence-corrected chi connectivity index (χ0v) is 9.33. The molecule has 14 heavy (non-hydrogen) atoms. The highest BCUT2D eigenvalue weighted by atomic mass is 79.9. The van der Waals surface area contributed by atoms with Crippen molar-refractivity contribution in [2.45, 2.75) is 6.10 Å². The first-order valence-corrected chi connectivity index (χ1v) is 5.24. The molecule has 0 aliphatic heterocycles. The summed E-state index contributed by atoms with van der Waals surface area (Å²) in [6.45, 7) is 0. The van der Waals surface area contributed by atoms with E-state index >= 15 is 0 Å². The number of hydrogen-bond acceptors (Lipinski definition) is 3. The Morgan fingerprint density at radius 1 is 1.64 bits per heavy atom. The summed E-state index contributed by atoms with van der Waals surface area (Å²) in [5, 5.41) is 20.6. The van der Waals surface area contributed by atoms with E-state index in [2.05, 4.69) is 15.9 Å². The molecule has 0 aliphatic carbocycles. The smallest absolute Gasteiger partial charge is 0.276 e. The average molecular weight is 281 g/mol. The zero-order chi connectivity index (χ0) is 10.7. The Bertz CT molecular complexity index is 358. The first-order valence-electron chi connectivity index (χ1n) is 3.74. The monoisotopic (exact) mass is 279 g/mol. The van der Waals surface area contributed by atoms with Gasteiger partial charge in [0.1, 0.15) is 0 Å². The number of benzene rings is 1. The molecule has 4 nitrogen and oxygen atoms in total. The summed E-state index contributed by atoms with van der Waals surface area (Å²) in [7, 11) is 0. The van der Waals surface area contributed by atoms with Gasteiger partial charge in [-0.1, -0.05) is 27.5 Å². The van der Waals surface area contributed by atoms with Gasteiger partial charge in [-0.05, 0) is 12.1 Å². The van der Waals surface area contributed by atoms with E-state index in [1.807, 2.05) is 0 Å². The summed E-state index contributed by atoms with van der Waals surface area (Å²) in [4.78, 5) is 10.1. The molecule has 1 N–H and O–H groups in total. The van der Waals surface area contributed by atoms with Crippen molar-refractivity contribution >= 4 is 33.2 Å². The van der Waals surface area contributed by atoms with Crippen molar-refractivity contribution in [1.82, 2.24) is 0 Å². The van der Waals surface area contributed by atoms with Crippen molar-refractivity contribution in [3.05, 3.63) is 38.9 Å². The van der Waals surface area contributed by atoms with Gasteiger partial charge in [-0.25, -0.2) is 0 Å². The summed E-state index contributed by atoms with van der Waals surface area (Å²) in [6, 6.07) is 4.19. The number of alkyl halides is 1. The Balaban J connectivity index is 3.21. The molecule has 0 heterocycles. The maximum Gasteiger partial charge on any atom is 0.276 e. The molecular weight excluding hydrogens is 273 g/mol. The predicted molar refractivity (Wildman–Crippen MR) is 56.9 cm³/mol. The Morgan fingerprint density at radius 3 is 2.79 bits per heavy atom. The van der Waals surface area contributed by atoms with Crippen LogP contribution in [0.15, 0.2) is 18.2 Å². The molecule has 0 saturated carbocycles. The van der Waals surface area contributed by atoms with Crippen LogP contribution in [0, 0.1) is 10.1 Å². The summed E-state index contributed by atoms with van der Waals surface area (Å²) in [6.07, 6.45) is -0.896. The van der Waals surface area contributed by atoms with Crippen LogP contribution in [-0.4, -0.2) is 15.4 Å². The van der Waals surface area contributed by atoms with Crippen LogP contribution in [0.1, 0.15) is 11.7 Å². The minimum atomic E-state index is -0.896.